The van der Waals surface area contributed by atoms with Crippen molar-refractivity contribution in [3.63, 3.8) is 0 Å². The van der Waals surface area contributed by atoms with Crippen LogP contribution in [-0.2, 0) is 6.54 Å². The highest BCUT2D eigenvalue weighted by molar-refractivity contribution is 7.81. The van der Waals surface area contributed by atoms with Crippen LogP contribution in [0.4, 0.5) is 0 Å². The number of hydrogen-bond donors (Lipinski definition) is 0. The fraction of sp³-hybridized carbons (Fsp3) is 0.538. The maximum atomic E-state index is 4.99. The van der Waals surface area contributed by atoms with Crippen LogP contribution >= 0.6 is 70.3 Å². The first-order chi connectivity index (χ1) is 10.5. The molecule has 0 N–H and O–H groups in total. The normalized spacial score (nSPS) is 10.9. The summed E-state index contributed by atoms with van der Waals surface area (Å²) in [7, 11) is 31.9. The summed E-state index contributed by atoms with van der Waals surface area (Å²) in [5.74, 6) is 0. The zero-order valence-corrected chi connectivity index (χ0v) is 21.1. The zero-order valence-electron chi connectivity index (χ0n) is 13.5. The summed E-state index contributed by atoms with van der Waals surface area (Å²) in [5.41, 5.74) is 1.46. The minimum atomic E-state index is -2.94. The van der Waals surface area contributed by atoms with E-state index in [1.54, 1.807) is 0 Å². The van der Waals surface area contributed by atoms with Crippen LogP contribution in [0.1, 0.15) is 26.3 Å². The topological polar surface area (TPSA) is 0 Å². The monoisotopic (exact) mass is 491 g/mol. The van der Waals surface area contributed by atoms with E-state index in [0.29, 0.717) is 0 Å². The Hall–Kier alpha value is 2.27. The fourth-order valence-electron chi connectivity index (χ4n) is 1.98. The van der Waals surface area contributed by atoms with Crippen molar-refractivity contribution in [2.24, 2.45) is 0 Å². The van der Waals surface area contributed by atoms with E-state index in [9.17, 15) is 0 Å². The van der Waals surface area contributed by atoms with E-state index in [1.807, 2.05) is 0 Å². The van der Waals surface area contributed by atoms with E-state index in [1.165, 1.54) is 36.2 Å². The van der Waals surface area contributed by atoms with Gasteiger partial charge in [0.2, 0.25) is 0 Å². The van der Waals surface area contributed by atoms with E-state index in [4.69, 9.17) is 70.3 Å². The van der Waals surface area contributed by atoms with Crippen LogP contribution in [0.3, 0.4) is 0 Å². The lowest BCUT2D eigenvalue weighted by Crippen LogP contribution is -2.46. The van der Waals surface area contributed by atoms with Gasteiger partial charge in [-0.3, -0.25) is 0 Å². The Morgan fingerprint density at radius 1 is 0.826 bits per heavy atom. The lowest BCUT2D eigenvalue weighted by molar-refractivity contribution is -0.936. The molecule has 0 saturated carbocycles. The van der Waals surface area contributed by atoms with E-state index in [-0.39, 0.29) is 0 Å². The number of rotatable bonds is 5. The molecule has 134 valence electrons. The number of quaternary nitrogens is 1. The van der Waals surface area contributed by atoms with Gasteiger partial charge in [-0.2, -0.15) is 0 Å². The highest BCUT2D eigenvalue weighted by atomic mass is 35.9. The van der Waals surface area contributed by atoms with Gasteiger partial charge in [0.15, 0.2) is 0 Å². The number of nitrogens with zero attached hydrogens (tertiary/aromatic N) is 1. The highest BCUT2D eigenvalue weighted by Crippen LogP contribution is 2.23. The van der Waals surface area contributed by atoms with Crippen molar-refractivity contribution >= 4 is 91.1 Å². The summed E-state index contributed by atoms with van der Waals surface area (Å²) >= 11 is -1.72. The van der Waals surface area contributed by atoms with Crippen molar-refractivity contribution in [3.8, 4) is 0 Å². The molecule has 0 radical (unpaired) electrons. The van der Waals surface area contributed by atoms with Crippen LogP contribution in [0.15, 0.2) is 30.3 Å². The summed E-state index contributed by atoms with van der Waals surface area (Å²) in [5, 5.41) is 0. The average Bonchev–Trinajstić information content (AvgIpc) is 2.44. The Morgan fingerprint density at radius 2 is 1.13 bits per heavy atom. The summed E-state index contributed by atoms with van der Waals surface area (Å²) in [6.45, 7) is 11.7. The van der Waals surface area contributed by atoms with Gasteiger partial charge in [0.25, 0.3) is 0 Å². The molecule has 1 rings (SSSR count). The van der Waals surface area contributed by atoms with Gasteiger partial charge in [0.1, 0.15) is 6.54 Å². The SMILES string of the molecule is CC[N+](CC)(CC)Cc1ccccc1.[Cl][Al-]([Cl])([Cl])[Cl].[Cl][Al]([Cl])[Cl]. The maximum absolute atomic E-state index is 4.99. The zero-order chi connectivity index (χ0) is 18.5. The largest absolute Gasteiger partial charge is 0.643 e. The molecule has 1 aromatic rings. The highest BCUT2D eigenvalue weighted by Gasteiger charge is 2.20. The molecule has 1 nitrogen and oxygen atoms in total. The molecule has 0 bridgehead atoms. The smallest absolute Gasteiger partial charge is 0.391 e. The van der Waals surface area contributed by atoms with Crippen LogP contribution in [0.2, 0.25) is 0 Å². The molecule has 0 fully saturated rings. The molecule has 0 atom stereocenters. The van der Waals surface area contributed by atoms with Gasteiger partial charge < -0.3 is 44.7 Å². The minimum absolute atomic E-state index is 1.17. The van der Waals surface area contributed by atoms with Crippen LogP contribution in [-0.4, -0.2) is 44.9 Å². The Morgan fingerprint density at radius 3 is 1.39 bits per heavy atom. The minimum Gasteiger partial charge on any atom is -0.391 e. The average molecular weight is 494 g/mol. The third-order valence-electron chi connectivity index (χ3n) is 3.37. The molecule has 23 heavy (non-hydrogen) atoms. The molecule has 0 spiro atoms. The van der Waals surface area contributed by atoms with Crippen LogP contribution in [0.5, 0.6) is 0 Å². The second kappa shape index (κ2) is 15.3. The van der Waals surface area contributed by atoms with Gasteiger partial charge in [-0.05, 0) is 20.8 Å². The molecule has 0 amide bonds. The molecular weight excluding hydrogens is 472 g/mol. The van der Waals surface area contributed by atoms with E-state index in [0.717, 1.165) is 0 Å². The standard InChI is InChI=1S/C13H22N.2Al.7ClH/c1-4-14(5-2,6-3)12-13-10-8-7-9-11-13;;;;;;;;;/h7-11H,4-6,12H2,1-3H3;;;7*1H/q+1;2*+3;;;;;;;/p-7. The van der Waals surface area contributed by atoms with Crippen LogP contribution in [0, 0.1) is 0 Å². The van der Waals surface area contributed by atoms with Crippen molar-refractivity contribution in [1.29, 1.82) is 0 Å². The first-order valence-electron chi connectivity index (χ1n) is 7.18. The van der Waals surface area contributed by atoms with E-state index < -0.39 is 20.8 Å². The molecule has 0 saturated heterocycles. The summed E-state index contributed by atoms with van der Waals surface area (Å²) in [4.78, 5) is 0. The lowest BCUT2D eigenvalue weighted by Gasteiger charge is -2.35. The summed E-state index contributed by atoms with van der Waals surface area (Å²) in [6, 6.07) is 10.8. The van der Waals surface area contributed by atoms with Crippen molar-refractivity contribution in [3.05, 3.63) is 35.9 Å². The first-order valence-corrected chi connectivity index (χ1v) is 19.4. The van der Waals surface area contributed by atoms with Gasteiger partial charge in [-0.25, -0.2) is 30.1 Å². The number of hydrogen-bond acceptors (Lipinski definition) is 0. The first kappa shape index (κ1) is 27.5. The summed E-state index contributed by atoms with van der Waals surface area (Å²) < 4.78 is 1.20. The Bertz CT molecular complexity index is 367. The molecule has 0 aromatic heterocycles. The van der Waals surface area contributed by atoms with Crippen molar-refractivity contribution in [1.82, 2.24) is 0 Å². The van der Waals surface area contributed by atoms with E-state index in [2.05, 4.69) is 51.1 Å². The van der Waals surface area contributed by atoms with Gasteiger partial charge in [-0.15, -0.1) is 0 Å². The predicted molar refractivity (Wildman–Crippen MR) is 115 cm³/mol. The van der Waals surface area contributed by atoms with Gasteiger partial charge in [0.05, 0.1) is 19.6 Å². The predicted octanol–water partition coefficient (Wildman–Crippen LogP) is 7.13. The third kappa shape index (κ3) is 20.4. The van der Waals surface area contributed by atoms with Crippen molar-refractivity contribution < 1.29 is 4.48 Å². The molecule has 0 heterocycles. The van der Waals surface area contributed by atoms with Crippen molar-refractivity contribution in [2.45, 2.75) is 27.3 Å². The molecule has 0 aliphatic carbocycles. The third-order valence-corrected chi connectivity index (χ3v) is 3.37. The Balaban J connectivity index is 0. The molecule has 0 unspecified atom stereocenters. The maximum Gasteiger partial charge on any atom is 0.643 e. The second-order valence-electron chi connectivity index (χ2n) is 4.68. The fourth-order valence-corrected chi connectivity index (χ4v) is 1.98. The second-order valence-corrected chi connectivity index (χ2v) is 24.0. The van der Waals surface area contributed by atoms with Gasteiger partial charge in [-0.1, -0.05) is 30.3 Å². The van der Waals surface area contributed by atoms with E-state index >= 15 is 0 Å². The lowest BCUT2D eigenvalue weighted by atomic mass is 10.2. The molecule has 0 aliphatic heterocycles. The Kier molecular flexibility index (Phi) is 18.3. The van der Waals surface area contributed by atoms with Crippen LogP contribution in [0.25, 0.3) is 0 Å². The number of halogens is 7. The van der Waals surface area contributed by atoms with Crippen LogP contribution < -0.4 is 0 Å². The molecule has 1 aromatic carbocycles. The van der Waals surface area contributed by atoms with Crippen molar-refractivity contribution in [2.75, 3.05) is 19.6 Å². The van der Waals surface area contributed by atoms with Gasteiger partial charge in [0, 0.05) is 5.56 Å². The Labute approximate surface area is 176 Å². The summed E-state index contributed by atoms with van der Waals surface area (Å²) in [6.07, 6.45) is 0. The van der Waals surface area contributed by atoms with Gasteiger partial charge >= 0.3 is 20.8 Å². The molecular formula is C13H22Al2Cl7N. The number of benzene rings is 1. The molecule has 0 aliphatic rings. The molecule has 10 heteroatoms. The quantitative estimate of drug-likeness (QED) is 0.302.